The molecule has 2 rings (SSSR count). The molecule has 76 valence electrons. The molecule has 2 atom stereocenters. The third-order valence-electron chi connectivity index (χ3n) is 2.35. The summed E-state index contributed by atoms with van der Waals surface area (Å²) in [6.07, 6.45) is 2.43. The van der Waals surface area contributed by atoms with E-state index in [1.165, 1.54) is 0 Å². The molecule has 1 saturated heterocycles. The SMILES string of the molecule is Cl.O=C(NC1CC1)C1CC(O)CN1. The van der Waals surface area contributed by atoms with Crippen LogP contribution in [0.2, 0.25) is 0 Å². The molecule has 0 spiro atoms. The van der Waals surface area contributed by atoms with E-state index in [1.807, 2.05) is 0 Å². The first-order valence-electron chi connectivity index (χ1n) is 4.47. The minimum absolute atomic E-state index is 0. The van der Waals surface area contributed by atoms with Gasteiger partial charge >= 0.3 is 0 Å². The molecule has 0 aromatic heterocycles. The maximum atomic E-state index is 11.4. The molecule has 1 saturated carbocycles. The van der Waals surface area contributed by atoms with Crippen LogP contribution < -0.4 is 10.6 Å². The fourth-order valence-corrected chi connectivity index (χ4v) is 1.45. The number of nitrogens with one attached hydrogen (secondary N) is 2. The van der Waals surface area contributed by atoms with Crippen molar-refractivity contribution in [2.75, 3.05) is 6.54 Å². The second-order valence-electron chi connectivity index (χ2n) is 3.63. The van der Waals surface area contributed by atoms with Crippen molar-refractivity contribution in [2.24, 2.45) is 0 Å². The predicted molar refractivity (Wildman–Crippen MR) is 50.8 cm³/mol. The van der Waals surface area contributed by atoms with Crippen LogP contribution >= 0.6 is 12.4 Å². The Bertz CT molecular complexity index is 197. The Hall–Kier alpha value is -0.320. The van der Waals surface area contributed by atoms with Crippen LogP contribution in [0.3, 0.4) is 0 Å². The molecule has 1 aliphatic carbocycles. The Kier molecular flexibility index (Phi) is 3.53. The van der Waals surface area contributed by atoms with Crippen LogP contribution in [-0.2, 0) is 4.79 Å². The Morgan fingerprint density at radius 1 is 1.46 bits per heavy atom. The van der Waals surface area contributed by atoms with E-state index in [1.54, 1.807) is 0 Å². The van der Waals surface area contributed by atoms with E-state index >= 15 is 0 Å². The molecule has 1 heterocycles. The Balaban J connectivity index is 0.000000845. The third kappa shape index (κ3) is 2.83. The highest BCUT2D eigenvalue weighted by Gasteiger charge is 2.31. The average molecular weight is 207 g/mol. The molecular weight excluding hydrogens is 192 g/mol. The lowest BCUT2D eigenvalue weighted by atomic mass is 10.2. The second-order valence-corrected chi connectivity index (χ2v) is 3.63. The quantitative estimate of drug-likeness (QED) is 0.566. The van der Waals surface area contributed by atoms with Gasteiger partial charge in [-0.2, -0.15) is 0 Å². The lowest BCUT2D eigenvalue weighted by Gasteiger charge is -2.09. The van der Waals surface area contributed by atoms with Gasteiger partial charge in [0, 0.05) is 12.6 Å². The van der Waals surface area contributed by atoms with Crippen molar-refractivity contribution < 1.29 is 9.90 Å². The van der Waals surface area contributed by atoms with Crippen LogP contribution in [0.5, 0.6) is 0 Å². The monoisotopic (exact) mass is 206 g/mol. The molecule has 0 aromatic carbocycles. The summed E-state index contributed by atoms with van der Waals surface area (Å²) >= 11 is 0. The number of carbonyl (C=O) groups excluding carboxylic acids is 1. The summed E-state index contributed by atoms with van der Waals surface area (Å²) in [5.41, 5.74) is 0. The molecule has 1 aliphatic heterocycles. The molecule has 0 aromatic rings. The summed E-state index contributed by atoms with van der Waals surface area (Å²) in [6, 6.07) is 0.248. The first kappa shape index (κ1) is 10.8. The number of carbonyl (C=O) groups is 1. The van der Waals surface area contributed by atoms with Gasteiger partial charge < -0.3 is 15.7 Å². The van der Waals surface area contributed by atoms with Crippen molar-refractivity contribution in [3.63, 3.8) is 0 Å². The van der Waals surface area contributed by atoms with E-state index in [2.05, 4.69) is 10.6 Å². The molecule has 2 unspecified atom stereocenters. The molecule has 5 heteroatoms. The molecule has 0 bridgehead atoms. The van der Waals surface area contributed by atoms with Gasteiger partial charge in [0.25, 0.3) is 0 Å². The Morgan fingerprint density at radius 3 is 2.62 bits per heavy atom. The summed E-state index contributed by atoms with van der Waals surface area (Å²) in [7, 11) is 0. The fourth-order valence-electron chi connectivity index (χ4n) is 1.45. The van der Waals surface area contributed by atoms with E-state index < -0.39 is 0 Å². The van der Waals surface area contributed by atoms with Gasteiger partial charge in [0.05, 0.1) is 12.1 Å². The van der Waals surface area contributed by atoms with Crippen LogP contribution in [0.25, 0.3) is 0 Å². The van der Waals surface area contributed by atoms with Gasteiger partial charge in [-0.15, -0.1) is 12.4 Å². The zero-order chi connectivity index (χ0) is 8.55. The predicted octanol–water partition coefficient (Wildman–Crippen LogP) is -0.590. The van der Waals surface area contributed by atoms with E-state index in [4.69, 9.17) is 5.11 Å². The summed E-state index contributed by atoms with van der Waals surface area (Å²) in [5, 5.41) is 15.0. The van der Waals surface area contributed by atoms with Crippen LogP contribution in [0.4, 0.5) is 0 Å². The lowest BCUT2D eigenvalue weighted by molar-refractivity contribution is -0.123. The maximum Gasteiger partial charge on any atom is 0.237 e. The van der Waals surface area contributed by atoms with Gasteiger partial charge in [0.15, 0.2) is 0 Å². The molecule has 4 nitrogen and oxygen atoms in total. The van der Waals surface area contributed by atoms with Gasteiger partial charge in [-0.05, 0) is 19.3 Å². The van der Waals surface area contributed by atoms with Crippen molar-refractivity contribution in [1.82, 2.24) is 10.6 Å². The van der Waals surface area contributed by atoms with Crippen molar-refractivity contribution in [3.8, 4) is 0 Å². The van der Waals surface area contributed by atoms with Gasteiger partial charge in [-0.3, -0.25) is 4.79 Å². The number of rotatable bonds is 2. The number of aliphatic hydroxyl groups is 1. The number of halogens is 1. The van der Waals surface area contributed by atoms with E-state index in [-0.39, 0.29) is 30.5 Å². The number of hydrogen-bond acceptors (Lipinski definition) is 3. The highest BCUT2D eigenvalue weighted by Crippen LogP contribution is 2.19. The zero-order valence-electron chi connectivity index (χ0n) is 7.32. The maximum absolute atomic E-state index is 11.4. The van der Waals surface area contributed by atoms with Crippen molar-refractivity contribution in [2.45, 2.75) is 37.5 Å². The van der Waals surface area contributed by atoms with Gasteiger partial charge in [-0.25, -0.2) is 0 Å². The van der Waals surface area contributed by atoms with Crippen molar-refractivity contribution in [1.29, 1.82) is 0 Å². The van der Waals surface area contributed by atoms with Crippen molar-refractivity contribution >= 4 is 18.3 Å². The van der Waals surface area contributed by atoms with Crippen LogP contribution in [0.1, 0.15) is 19.3 Å². The summed E-state index contributed by atoms with van der Waals surface area (Å²) in [6.45, 7) is 0.544. The summed E-state index contributed by atoms with van der Waals surface area (Å²) < 4.78 is 0. The van der Waals surface area contributed by atoms with Crippen molar-refractivity contribution in [3.05, 3.63) is 0 Å². The van der Waals surface area contributed by atoms with Gasteiger partial charge in [0.1, 0.15) is 0 Å². The van der Waals surface area contributed by atoms with Crippen LogP contribution in [-0.4, -0.2) is 35.7 Å². The highest BCUT2D eigenvalue weighted by molar-refractivity contribution is 5.85. The normalized spacial score (nSPS) is 32.4. The standard InChI is InChI=1S/C8H14N2O2.ClH/c11-6-3-7(9-4-6)8(12)10-5-1-2-5;/h5-7,9,11H,1-4H2,(H,10,12);1H. The smallest absolute Gasteiger partial charge is 0.237 e. The first-order valence-corrected chi connectivity index (χ1v) is 4.47. The third-order valence-corrected chi connectivity index (χ3v) is 2.35. The van der Waals surface area contributed by atoms with Crippen LogP contribution in [0, 0.1) is 0 Å². The van der Waals surface area contributed by atoms with E-state index in [0.717, 1.165) is 12.8 Å². The number of amides is 1. The number of β-amino-alcohol motifs (C(OH)–C–C–N with tert-alkyl or cyclic N) is 1. The topological polar surface area (TPSA) is 61.4 Å². The molecule has 2 aliphatic rings. The van der Waals surface area contributed by atoms with Crippen LogP contribution in [0.15, 0.2) is 0 Å². The Morgan fingerprint density at radius 2 is 2.15 bits per heavy atom. The Labute approximate surface area is 83.5 Å². The second kappa shape index (κ2) is 4.26. The minimum atomic E-state index is -0.347. The fraction of sp³-hybridized carbons (Fsp3) is 0.875. The summed E-state index contributed by atoms with van der Waals surface area (Å²) in [4.78, 5) is 11.4. The molecule has 2 fully saturated rings. The molecular formula is C8H15ClN2O2. The summed E-state index contributed by atoms with van der Waals surface area (Å²) in [5.74, 6) is 0.0500. The van der Waals surface area contributed by atoms with E-state index in [9.17, 15) is 4.79 Å². The number of aliphatic hydroxyl groups excluding tert-OH is 1. The highest BCUT2D eigenvalue weighted by atomic mass is 35.5. The minimum Gasteiger partial charge on any atom is -0.392 e. The molecule has 3 N–H and O–H groups in total. The lowest BCUT2D eigenvalue weighted by Crippen LogP contribution is -2.41. The molecule has 1 amide bonds. The molecule has 0 radical (unpaired) electrons. The molecule has 13 heavy (non-hydrogen) atoms. The first-order chi connectivity index (χ1) is 5.75. The number of hydrogen-bond donors (Lipinski definition) is 3. The van der Waals surface area contributed by atoms with Gasteiger partial charge in [-0.1, -0.05) is 0 Å². The average Bonchev–Trinajstić information content (AvgIpc) is 2.72. The van der Waals surface area contributed by atoms with Gasteiger partial charge in [0.2, 0.25) is 5.91 Å². The zero-order valence-corrected chi connectivity index (χ0v) is 8.14. The largest absolute Gasteiger partial charge is 0.392 e. The van der Waals surface area contributed by atoms with E-state index in [0.29, 0.717) is 19.0 Å².